The molecule has 1 unspecified atom stereocenters. The van der Waals surface area contributed by atoms with Crippen molar-refractivity contribution in [3.05, 3.63) is 123 Å². The first kappa shape index (κ1) is 31.2. The SMILES string of the molecule is C[C@@H]1CCC[C@H](n2cnc(-c3cc(Cl)ccc3-n3cc(C(F)(F)F)nn3)cc2=O)c2cc(ccn2)C(c2ccccc2)CNC1=O. The fourth-order valence-corrected chi connectivity index (χ4v) is 5.92. The predicted molar refractivity (Wildman–Crippen MR) is 166 cm³/mol. The van der Waals surface area contributed by atoms with E-state index < -0.39 is 17.9 Å². The van der Waals surface area contributed by atoms with Gasteiger partial charge in [0.25, 0.3) is 5.56 Å². The fourth-order valence-electron chi connectivity index (χ4n) is 5.75. The Hall–Kier alpha value is -4.84. The number of nitrogens with one attached hydrogen (secondary N) is 1. The highest BCUT2D eigenvalue weighted by molar-refractivity contribution is 6.31. The summed E-state index contributed by atoms with van der Waals surface area (Å²) < 4.78 is 42.2. The fraction of sp³-hybridized carbons (Fsp3) is 0.273. The number of alkyl halides is 3. The van der Waals surface area contributed by atoms with Gasteiger partial charge >= 0.3 is 6.18 Å². The van der Waals surface area contributed by atoms with Crippen LogP contribution in [0.25, 0.3) is 16.9 Å². The first-order chi connectivity index (χ1) is 22.1. The number of carbonyl (C=O) groups excluding carboxylic acids is 1. The number of fused-ring (bicyclic) bond motifs is 2. The van der Waals surface area contributed by atoms with Crippen LogP contribution in [0.5, 0.6) is 0 Å². The number of nitrogens with zero attached hydrogens (tertiary/aromatic N) is 6. The van der Waals surface area contributed by atoms with Crippen LogP contribution >= 0.6 is 11.6 Å². The largest absolute Gasteiger partial charge is 0.436 e. The number of pyridine rings is 1. The van der Waals surface area contributed by atoms with E-state index in [9.17, 15) is 22.8 Å². The van der Waals surface area contributed by atoms with Crippen molar-refractivity contribution in [1.29, 1.82) is 0 Å². The van der Waals surface area contributed by atoms with Gasteiger partial charge in [-0.15, -0.1) is 5.10 Å². The van der Waals surface area contributed by atoms with Gasteiger partial charge in [0.2, 0.25) is 5.91 Å². The van der Waals surface area contributed by atoms with Crippen molar-refractivity contribution in [1.82, 2.24) is 34.8 Å². The molecule has 4 heterocycles. The van der Waals surface area contributed by atoms with E-state index in [1.807, 2.05) is 49.4 Å². The number of benzene rings is 2. The summed E-state index contributed by atoms with van der Waals surface area (Å²) in [7, 11) is 0. The van der Waals surface area contributed by atoms with E-state index in [4.69, 9.17) is 11.6 Å². The molecule has 0 saturated heterocycles. The normalized spacial score (nSPS) is 19.2. The summed E-state index contributed by atoms with van der Waals surface area (Å²) >= 11 is 6.25. The Morgan fingerprint density at radius 1 is 0.957 bits per heavy atom. The zero-order valence-electron chi connectivity index (χ0n) is 24.7. The first-order valence-electron chi connectivity index (χ1n) is 14.7. The molecule has 3 aromatic heterocycles. The Kier molecular flexibility index (Phi) is 8.72. The molecule has 1 N–H and O–H groups in total. The summed E-state index contributed by atoms with van der Waals surface area (Å²) in [6, 6.07) is 19.1. The van der Waals surface area contributed by atoms with Crippen LogP contribution in [0.1, 0.15) is 60.7 Å². The van der Waals surface area contributed by atoms with E-state index in [1.54, 1.807) is 6.20 Å². The highest BCUT2D eigenvalue weighted by Crippen LogP contribution is 2.33. The van der Waals surface area contributed by atoms with Crippen molar-refractivity contribution in [3.8, 4) is 16.9 Å². The van der Waals surface area contributed by atoms with Gasteiger partial charge in [-0.1, -0.05) is 60.5 Å². The van der Waals surface area contributed by atoms with Gasteiger partial charge in [0.15, 0.2) is 5.69 Å². The molecule has 46 heavy (non-hydrogen) atoms. The highest BCUT2D eigenvalue weighted by Gasteiger charge is 2.35. The van der Waals surface area contributed by atoms with Crippen molar-refractivity contribution >= 4 is 17.5 Å². The lowest BCUT2D eigenvalue weighted by Gasteiger charge is -2.25. The average molecular weight is 648 g/mol. The Morgan fingerprint density at radius 3 is 2.50 bits per heavy atom. The van der Waals surface area contributed by atoms with Crippen molar-refractivity contribution in [2.75, 3.05) is 6.54 Å². The zero-order valence-corrected chi connectivity index (χ0v) is 25.4. The van der Waals surface area contributed by atoms with Crippen LogP contribution in [0.4, 0.5) is 13.2 Å². The minimum absolute atomic E-state index is 0.0254. The molecule has 0 fully saturated rings. The number of rotatable bonds is 4. The van der Waals surface area contributed by atoms with Crippen LogP contribution in [0.15, 0.2) is 90.2 Å². The van der Waals surface area contributed by atoms with Crippen molar-refractivity contribution in [3.63, 3.8) is 0 Å². The maximum absolute atomic E-state index is 13.8. The molecule has 2 bridgehead atoms. The summed E-state index contributed by atoms with van der Waals surface area (Å²) in [4.78, 5) is 35.9. The number of carbonyl (C=O) groups is 1. The second-order valence-corrected chi connectivity index (χ2v) is 11.7. The zero-order chi connectivity index (χ0) is 32.4. The molecular weight excluding hydrogens is 619 g/mol. The molecule has 0 radical (unpaired) electrons. The minimum atomic E-state index is -4.68. The summed E-state index contributed by atoms with van der Waals surface area (Å²) in [5.74, 6) is -0.384. The molecule has 236 valence electrons. The van der Waals surface area contributed by atoms with Gasteiger partial charge in [0, 0.05) is 41.2 Å². The Morgan fingerprint density at radius 2 is 1.76 bits per heavy atom. The molecule has 0 spiro atoms. The van der Waals surface area contributed by atoms with Gasteiger partial charge in [-0.25, -0.2) is 9.67 Å². The smallest absolute Gasteiger partial charge is 0.355 e. The topological polar surface area (TPSA) is 108 Å². The molecule has 1 amide bonds. The molecule has 1 aliphatic rings. The Balaban J connectivity index is 1.40. The van der Waals surface area contributed by atoms with Crippen molar-refractivity contribution < 1.29 is 18.0 Å². The standard InChI is InChI=1S/C33H29ClF3N7O2/c1-20-6-5-9-29(27-14-22(12-13-38-27)25(17-39-32(20)46)21-7-3-2-4-8-21)43-19-40-26(16-31(43)45)24-15-23(34)10-11-28(24)44-18-30(41-42-44)33(35,36)37/h2-4,7-8,10-16,18-20,25,29H,5-6,9,17H2,1H3,(H,39,46)/t20-,25?,29+/m1/s1. The number of halogens is 4. The van der Waals surface area contributed by atoms with Crippen LogP contribution in [-0.2, 0) is 11.0 Å². The second kappa shape index (κ2) is 12.9. The molecule has 13 heteroatoms. The van der Waals surface area contributed by atoms with Crippen molar-refractivity contribution in [2.24, 2.45) is 5.92 Å². The molecule has 0 saturated carbocycles. The van der Waals surface area contributed by atoms with Crippen LogP contribution < -0.4 is 10.9 Å². The van der Waals surface area contributed by atoms with E-state index in [-0.39, 0.29) is 34.7 Å². The summed E-state index contributed by atoms with van der Waals surface area (Å²) in [5.41, 5.74) is 1.85. The van der Waals surface area contributed by atoms with E-state index >= 15 is 0 Å². The third-order valence-corrected chi connectivity index (χ3v) is 8.47. The van der Waals surface area contributed by atoms with Crippen molar-refractivity contribution in [2.45, 2.75) is 44.3 Å². The minimum Gasteiger partial charge on any atom is -0.355 e. The maximum atomic E-state index is 13.8. The third-order valence-electron chi connectivity index (χ3n) is 8.23. The van der Waals surface area contributed by atoms with Gasteiger partial charge in [0.1, 0.15) is 0 Å². The molecule has 3 atom stereocenters. The highest BCUT2D eigenvalue weighted by atomic mass is 35.5. The third kappa shape index (κ3) is 6.57. The van der Waals surface area contributed by atoms with E-state index in [2.05, 4.69) is 25.6 Å². The molecule has 0 aliphatic carbocycles. The summed E-state index contributed by atoms with van der Waals surface area (Å²) in [5, 5.41) is 10.3. The first-order valence-corrected chi connectivity index (χ1v) is 15.1. The van der Waals surface area contributed by atoms with Crippen LogP contribution in [-0.4, -0.2) is 42.0 Å². The molecular formula is C33H29ClF3N7O2. The number of aromatic nitrogens is 6. The van der Waals surface area contributed by atoms with Gasteiger partial charge in [-0.2, -0.15) is 13.2 Å². The molecule has 5 aromatic rings. The lowest BCUT2D eigenvalue weighted by molar-refractivity contribution is -0.141. The second-order valence-electron chi connectivity index (χ2n) is 11.3. The maximum Gasteiger partial charge on any atom is 0.436 e. The average Bonchev–Trinajstić information content (AvgIpc) is 3.55. The van der Waals surface area contributed by atoms with E-state index in [1.165, 1.54) is 35.2 Å². The summed E-state index contributed by atoms with van der Waals surface area (Å²) in [6.45, 7) is 2.30. The van der Waals surface area contributed by atoms with Gasteiger partial charge in [-0.3, -0.25) is 19.1 Å². The van der Waals surface area contributed by atoms with E-state index in [0.717, 1.165) is 22.0 Å². The number of hydrogen-bond donors (Lipinski definition) is 1. The lowest BCUT2D eigenvalue weighted by Crippen LogP contribution is -2.34. The van der Waals surface area contributed by atoms with E-state index in [0.29, 0.717) is 42.1 Å². The van der Waals surface area contributed by atoms with Gasteiger partial charge in [-0.05, 0) is 54.3 Å². The Bertz CT molecular complexity index is 1930. The Labute approximate surface area is 267 Å². The monoisotopic (exact) mass is 647 g/mol. The lowest BCUT2D eigenvalue weighted by atomic mass is 9.89. The number of amides is 1. The van der Waals surface area contributed by atoms with Crippen LogP contribution in [0.2, 0.25) is 5.02 Å². The molecule has 6 rings (SSSR count). The number of hydrogen-bond acceptors (Lipinski definition) is 6. The van der Waals surface area contributed by atoms with Crippen LogP contribution in [0, 0.1) is 5.92 Å². The predicted octanol–water partition coefficient (Wildman–Crippen LogP) is 6.22. The van der Waals surface area contributed by atoms with Crippen LogP contribution in [0.3, 0.4) is 0 Å². The molecule has 9 nitrogen and oxygen atoms in total. The quantitative estimate of drug-likeness (QED) is 0.248. The van der Waals surface area contributed by atoms with Gasteiger partial charge in [0.05, 0.1) is 35.6 Å². The summed E-state index contributed by atoms with van der Waals surface area (Å²) in [6.07, 6.45) is 0.998. The van der Waals surface area contributed by atoms with Gasteiger partial charge < -0.3 is 5.32 Å². The molecule has 1 aliphatic heterocycles. The molecule has 2 aromatic carbocycles.